The van der Waals surface area contributed by atoms with Gasteiger partial charge < -0.3 is 5.11 Å². The first-order chi connectivity index (χ1) is 9.90. The van der Waals surface area contributed by atoms with Gasteiger partial charge in [0.2, 0.25) is 10.0 Å². The molecule has 0 radical (unpaired) electrons. The number of hydrogen-bond acceptors (Lipinski definition) is 3. The van der Waals surface area contributed by atoms with Gasteiger partial charge in [0.25, 0.3) is 0 Å². The van der Waals surface area contributed by atoms with Crippen molar-refractivity contribution in [3.05, 3.63) is 29.3 Å². The van der Waals surface area contributed by atoms with E-state index in [0.29, 0.717) is 13.1 Å². The van der Waals surface area contributed by atoms with Gasteiger partial charge in [0.05, 0.1) is 6.61 Å². The molecule has 1 fully saturated rings. The highest BCUT2D eigenvalue weighted by atomic mass is 32.2. The van der Waals surface area contributed by atoms with Crippen LogP contribution in [-0.4, -0.2) is 30.9 Å². The summed E-state index contributed by atoms with van der Waals surface area (Å²) >= 11 is 0. The van der Waals surface area contributed by atoms with Crippen molar-refractivity contribution >= 4 is 10.0 Å². The summed E-state index contributed by atoms with van der Waals surface area (Å²) < 4.78 is 53.4. The van der Waals surface area contributed by atoms with Crippen molar-refractivity contribution in [2.75, 3.05) is 13.1 Å². The summed E-state index contributed by atoms with van der Waals surface area (Å²) in [5.41, 5.74) is 0.0387. The quantitative estimate of drug-likeness (QED) is 0.906. The van der Waals surface area contributed by atoms with E-state index in [0.717, 1.165) is 31.4 Å². The zero-order valence-corrected chi connectivity index (χ0v) is 12.7. The molecule has 0 spiro atoms. The Balaban J connectivity index is 2.34. The van der Waals surface area contributed by atoms with Gasteiger partial charge in [-0.05, 0) is 36.5 Å². The number of aliphatic hydroxyl groups excluding tert-OH is 1. The predicted octanol–water partition coefficient (Wildman–Crippen LogP) is 2.27. The maximum atomic E-state index is 13.8. The van der Waals surface area contributed by atoms with E-state index in [1.165, 1.54) is 4.31 Å². The first-order valence-electron chi connectivity index (χ1n) is 6.99. The smallest absolute Gasteiger partial charge is 0.246 e. The first-order valence-corrected chi connectivity index (χ1v) is 8.43. The number of aliphatic hydroxyl groups is 1. The van der Waals surface area contributed by atoms with Gasteiger partial charge in [-0.2, -0.15) is 4.31 Å². The highest BCUT2D eigenvalue weighted by Gasteiger charge is 2.34. The third kappa shape index (κ3) is 3.25. The molecule has 4 nitrogen and oxygen atoms in total. The van der Waals surface area contributed by atoms with Crippen molar-refractivity contribution in [3.8, 4) is 0 Å². The van der Waals surface area contributed by atoms with E-state index in [2.05, 4.69) is 0 Å². The molecule has 118 valence electrons. The zero-order chi connectivity index (χ0) is 15.6. The molecule has 1 aliphatic rings. The molecule has 0 aromatic heterocycles. The Kier molecular flexibility index (Phi) is 4.95. The van der Waals surface area contributed by atoms with Crippen molar-refractivity contribution in [3.63, 3.8) is 0 Å². The third-order valence-corrected chi connectivity index (χ3v) is 5.66. The normalized spacial score (nSPS) is 20.1. The monoisotopic (exact) mass is 319 g/mol. The Hall–Kier alpha value is -1.05. The highest BCUT2D eigenvalue weighted by molar-refractivity contribution is 7.89. The maximum absolute atomic E-state index is 13.8. The van der Waals surface area contributed by atoms with Crippen LogP contribution in [0.4, 0.5) is 8.78 Å². The molecule has 1 aromatic rings. The fraction of sp³-hybridized carbons (Fsp3) is 0.571. The highest BCUT2D eigenvalue weighted by Crippen LogP contribution is 2.29. The second-order valence-corrected chi connectivity index (χ2v) is 7.26. The number of halogens is 2. The standard InChI is InChI=1S/C14H19F2NO3S/c1-2-3-10-4-5-17(8-10)21(19,20)13-7-11(9-18)6-12(15)14(13)16/h6-7,10,18H,2-5,8-9H2,1H3. The Labute approximate surface area is 123 Å². The molecule has 1 atom stereocenters. The molecule has 1 aliphatic heterocycles. The molecule has 7 heteroatoms. The molecule has 0 saturated carbocycles. The number of hydrogen-bond donors (Lipinski definition) is 1. The molecule has 2 rings (SSSR count). The van der Waals surface area contributed by atoms with E-state index in [1.54, 1.807) is 0 Å². The minimum atomic E-state index is -4.07. The number of sulfonamides is 1. The van der Waals surface area contributed by atoms with Crippen molar-refractivity contribution in [1.29, 1.82) is 0 Å². The van der Waals surface area contributed by atoms with Crippen LogP contribution in [0.5, 0.6) is 0 Å². The van der Waals surface area contributed by atoms with Gasteiger partial charge in [-0.25, -0.2) is 17.2 Å². The predicted molar refractivity (Wildman–Crippen MR) is 74.1 cm³/mol. The van der Waals surface area contributed by atoms with Gasteiger partial charge in [-0.3, -0.25) is 0 Å². The van der Waals surface area contributed by atoms with Crippen LogP contribution < -0.4 is 0 Å². The second-order valence-electron chi connectivity index (χ2n) is 5.35. The minimum Gasteiger partial charge on any atom is -0.392 e. The maximum Gasteiger partial charge on any atom is 0.246 e. The molecular weight excluding hydrogens is 300 g/mol. The van der Waals surface area contributed by atoms with E-state index < -0.39 is 33.2 Å². The Morgan fingerprint density at radius 1 is 1.38 bits per heavy atom. The fourth-order valence-corrected chi connectivity index (χ4v) is 4.35. The topological polar surface area (TPSA) is 57.6 Å². The van der Waals surface area contributed by atoms with E-state index in [1.807, 2.05) is 6.92 Å². The largest absolute Gasteiger partial charge is 0.392 e. The summed E-state index contributed by atoms with van der Waals surface area (Å²) in [6.45, 7) is 2.13. The third-order valence-electron chi connectivity index (χ3n) is 3.80. The Morgan fingerprint density at radius 2 is 2.10 bits per heavy atom. The lowest BCUT2D eigenvalue weighted by molar-refractivity contribution is 0.280. The molecule has 0 aliphatic carbocycles. The molecular formula is C14H19F2NO3S. The zero-order valence-electron chi connectivity index (χ0n) is 11.8. The number of rotatable bonds is 5. The van der Waals surface area contributed by atoms with E-state index in [9.17, 15) is 17.2 Å². The van der Waals surface area contributed by atoms with Crippen LogP contribution in [0.1, 0.15) is 31.7 Å². The van der Waals surface area contributed by atoms with Gasteiger partial charge in [0.15, 0.2) is 11.6 Å². The van der Waals surface area contributed by atoms with Gasteiger partial charge in [-0.1, -0.05) is 13.3 Å². The average Bonchev–Trinajstić information content (AvgIpc) is 2.91. The summed E-state index contributed by atoms with van der Waals surface area (Å²) in [6, 6.07) is 1.80. The van der Waals surface area contributed by atoms with Crippen LogP contribution in [0.15, 0.2) is 17.0 Å². The molecule has 21 heavy (non-hydrogen) atoms. The number of benzene rings is 1. The molecule has 1 N–H and O–H groups in total. The van der Waals surface area contributed by atoms with E-state index >= 15 is 0 Å². The molecule has 1 saturated heterocycles. The first kappa shape index (κ1) is 16.3. The summed E-state index contributed by atoms with van der Waals surface area (Å²) in [7, 11) is -4.07. The minimum absolute atomic E-state index is 0.0387. The Bertz CT molecular complexity index is 619. The Morgan fingerprint density at radius 3 is 2.71 bits per heavy atom. The molecule has 0 bridgehead atoms. The van der Waals surface area contributed by atoms with Crippen molar-refractivity contribution in [2.24, 2.45) is 5.92 Å². The van der Waals surface area contributed by atoms with Crippen LogP contribution in [-0.2, 0) is 16.6 Å². The van der Waals surface area contributed by atoms with Crippen LogP contribution in [0, 0.1) is 17.6 Å². The molecule has 1 unspecified atom stereocenters. The van der Waals surface area contributed by atoms with Gasteiger partial charge in [0.1, 0.15) is 4.90 Å². The summed E-state index contributed by atoms with van der Waals surface area (Å²) in [5, 5.41) is 9.02. The van der Waals surface area contributed by atoms with Crippen LogP contribution in [0.3, 0.4) is 0 Å². The van der Waals surface area contributed by atoms with Crippen molar-refractivity contribution < 1.29 is 22.3 Å². The van der Waals surface area contributed by atoms with Gasteiger partial charge in [0, 0.05) is 13.1 Å². The average molecular weight is 319 g/mol. The van der Waals surface area contributed by atoms with Crippen LogP contribution >= 0.6 is 0 Å². The second kappa shape index (κ2) is 6.37. The van der Waals surface area contributed by atoms with Crippen LogP contribution in [0.25, 0.3) is 0 Å². The van der Waals surface area contributed by atoms with Crippen molar-refractivity contribution in [2.45, 2.75) is 37.7 Å². The molecule has 1 heterocycles. The lowest BCUT2D eigenvalue weighted by Crippen LogP contribution is -2.30. The summed E-state index contributed by atoms with van der Waals surface area (Å²) in [6.07, 6.45) is 2.61. The van der Waals surface area contributed by atoms with E-state index in [4.69, 9.17) is 5.11 Å². The number of nitrogens with zero attached hydrogens (tertiary/aromatic N) is 1. The van der Waals surface area contributed by atoms with Crippen LogP contribution in [0.2, 0.25) is 0 Å². The lowest BCUT2D eigenvalue weighted by Gasteiger charge is -2.17. The van der Waals surface area contributed by atoms with Crippen molar-refractivity contribution in [1.82, 2.24) is 4.31 Å². The van der Waals surface area contributed by atoms with Gasteiger partial charge in [-0.15, -0.1) is 0 Å². The lowest BCUT2D eigenvalue weighted by atomic mass is 10.0. The van der Waals surface area contributed by atoms with E-state index in [-0.39, 0.29) is 11.5 Å². The SMILES string of the molecule is CCCC1CCN(S(=O)(=O)c2cc(CO)cc(F)c2F)C1. The van der Waals surface area contributed by atoms with Gasteiger partial charge >= 0.3 is 0 Å². The fourth-order valence-electron chi connectivity index (χ4n) is 2.69. The molecule has 1 aromatic carbocycles. The summed E-state index contributed by atoms with van der Waals surface area (Å²) in [4.78, 5) is -0.691. The molecule has 0 amide bonds. The summed E-state index contributed by atoms with van der Waals surface area (Å²) in [5.74, 6) is -2.38.